The van der Waals surface area contributed by atoms with E-state index < -0.39 is 24.0 Å². The number of aromatic nitrogens is 4. The van der Waals surface area contributed by atoms with Crippen molar-refractivity contribution in [3.63, 3.8) is 0 Å². The lowest BCUT2D eigenvalue weighted by atomic mass is 9.95. The predicted octanol–water partition coefficient (Wildman–Crippen LogP) is 1.99. The maximum absolute atomic E-state index is 11.0. The maximum Gasteiger partial charge on any atom is 0.164 e. The molecule has 0 amide bonds. The van der Waals surface area contributed by atoms with Crippen LogP contribution in [0.3, 0.4) is 0 Å². The van der Waals surface area contributed by atoms with E-state index in [4.69, 9.17) is 20.9 Å². The molecule has 166 valence electrons. The molecule has 3 aromatic heterocycles. The molecular weight excluding hydrogens is 480 g/mol. The highest BCUT2D eigenvalue weighted by Crippen LogP contribution is 2.39. The lowest BCUT2D eigenvalue weighted by Gasteiger charge is -2.26. The van der Waals surface area contributed by atoms with Crippen LogP contribution in [-0.4, -0.2) is 54.1 Å². The molecule has 1 aromatic carbocycles. The molecule has 4 aromatic rings. The van der Waals surface area contributed by atoms with Crippen molar-refractivity contribution in [1.82, 2.24) is 19.5 Å². The first kappa shape index (κ1) is 20.9. The Morgan fingerprint density at radius 2 is 2.03 bits per heavy atom. The highest BCUT2D eigenvalue weighted by Gasteiger charge is 2.53. The molecule has 1 aliphatic rings. The average molecular weight is 501 g/mol. The van der Waals surface area contributed by atoms with Gasteiger partial charge in [-0.3, -0.25) is 0 Å². The van der Waals surface area contributed by atoms with Crippen LogP contribution in [0.4, 0.5) is 11.6 Å². The number of ether oxygens (including phenoxy) is 2. The number of nitrogens with zero attached hydrogens (tertiary/aromatic N) is 4. The van der Waals surface area contributed by atoms with E-state index in [0.29, 0.717) is 33.9 Å². The second-order valence-electron chi connectivity index (χ2n) is 7.93. The van der Waals surface area contributed by atoms with Gasteiger partial charge in [-0.05, 0) is 47.1 Å². The average Bonchev–Trinajstić information content (AvgIpc) is 3.28. The summed E-state index contributed by atoms with van der Waals surface area (Å²) in [6.45, 7) is 1.52. The van der Waals surface area contributed by atoms with Crippen LogP contribution >= 0.6 is 15.9 Å². The third kappa shape index (κ3) is 3.34. The van der Waals surface area contributed by atoms with Crippen molar-refractivity contribution in [2.75, 3.05) is 18.1 Å². The molecule has 0 saturated carbocycles. The summed E-state index contributed by atoms with van der Waals surface area (Å²) in [5.41, 5.74) is 11.4. The van der Waals surface area contributed by atoms with Gasteiger partial charge in [-0.15, -0.1) is 0 Å². The molecule has 4 atom stereocenters. The third-order valence-electron chi connectivity index (χ3n) is 5.81. The number of aliphatic hydroxyl groups is 2. The number of halogens is 1. The van der Waals surface area contributed by atoms with Crippen LogP contribution < -0.4 is 16.2 Å². The smallest absolute Gasteiger partial charge is 0.164 e. The van der Waals surface area contributed by atoms with Gasteiger partial charge in [0.1, 0.15) is 53.8 Å². The molecule has 1 fully saturated rings. The summed E-state index contributed by atoms with van der Waals surface area (Å²) >= 11 is 3.37. The summed E-state index contributed by atoms with van der Waals surface area (Å²) in [4.78, 5) is 12.5. The van der Waals surface area contributed by atoms with Gasteiger partial charge < -0.3 is 35.7 Å². The Bertz CT molecular complexity index is 1330. The standard InChI is InChI=1S/C21H21BrN6O4/c1-21(30)15(8-31-11-3-2-10-6-13(22)18(24)27-14(10)7-11)32-20(16(21)29)28-5-4-12-17(23)25-9-26-19(12)28/h2-7,9,15-16,20,29-30H,8H2,1H3,(H2,24,27)(H2,23,25,26)/t15-,16+,20-,21-/m1/s1. The topological polar surface area (TPSA) is 155 Å². The van der Waals surface area contributed by atoms with Crippen LogP contribution in [0, 0.1) is 0 Å². The largest absolute Gasteiger partial charge is 0.491 e. The molecule has 1 saturated heterocycles. The van der Waals surface area contributed by atoms with Gasteiger partial charge in [0.15, 0.2) is 6.23 Å². The Balaban J connectivity index is 1.38. The molecule has 0 spiro atoms. The Labute approximate surface area is 190 Å². The van der Waals surface area contributed by atoms with Gasteiger partial charge in [-0.25, -0.2) is 15.0 Å². The summed E-state index contributed by atoms with van der Waals surface area (Å²) in [6.07, 6.45) is 0.130. The van der Waals surface area contributed by atoms with E-state index in [9.17, 15) is 10.2 Å². The number of anilines is 2. The van der Waals surface area contributed by atoms with Gasteiger partial charge in [0.2, 0.25) is 0 Å². The summed E-state index contributed by atoms with van der Waals surface area (Å²) in [6, 6.07) is 9.04. The van der Waals surface area contributed by atoms with Crippen LogP contribution in [0.25, 0.3) is 21.9 Å². The Morgan fingerprint density at radius 3 is 2.84 bits per heavy atom. The van der Waals surface area contributed by atoms with E-state index in [1.807, 2.05) is 12.1 Å². The van der Waals surface area contributed by atoms with Crippen LogP contribution in [-0.2, 0) is 4.74 Å². The molecular formula is C21H21BrN6O4. The number of benzene rings is 1. The van der Waals surface area contributed by atoms with Crippen molar-refractivity contribution in [1.29, 1.82) is 0 Å². The Kier molecular flexibility index (Phi) is 4.93. The molecule has 0 radical (unpaired) electrons. The van der Waals surface area contributed by atoms with E-state index in [-0.39, 0.29) is 6.61 Å². The second kappa shape index (κ2) is 7.55. The van der Waals surface area contributed by atoms with Gasteiger partial charge in [0.05, 0.1) is 15.4 Å². The minimum absolute atomic E-state index is 0.00833. The minimum Gasteiger partial charge on any atom is -0.491 e. The van der Waals surface area contributed by atoms with Gasteiger partial charge >= 0.3 is 0 Å². The fraction of sp³-hybridized carbons (Fsp3) is 0.286. The Hall–Kier alpha value is -2.99. The number of nitrogens with two attached hydrogens (primary N) is 2. The highest BCUT2D eigenvalue weighted by molar-refractivity contribution is 9.10. The van der Waals surface area contributed by atoms with Crippen molar-refractivity contribution in [2.45, 2.75) is 31.0 Å². The number of aliphatic hydroxyl groups excluding tert-OH is 1. The zero-order valence-corrected chi connectivity index (χ0v) is 18.6. The fourth-order valence-corrected chi connectivity index (χ4v) is 4.21. The third-order valence-corrected chi connectivity index (χ3v) is 6.44. The summed E-state index contributed by atoms with van der Waals surface area (Å²) < 4.78 is 14.3. The predicted molar refractivity (Wildman–Crippen MR) is 122 cm³/mol. The van der Waals surface area contributed by atoms with Gasteiger partial charge in [0, 0.05) is 17.6 Å². The van der Waals surface area contributed by atoms with E-state index in [2.05, 4.69) is 30.9 Å². The number of rotatable bonds is 4. The summed E-state index contributed by atoms with van der Waals surface area (Å²) in [7, 11) is 0. The molecule has 11 heteroatoms. The number of nitrogen functional groups attached to an aromatic ring is 2. The van der Waals surface area contributed by atoms with Gasteiger partial charge in [-0.2, -0.15) is 0 Å². The lowest BCUT2D eigenvalue weighted by Crippen LogP contribution is -2.47. The SMILES string of the molecule is C[C@@]1(O)[C@@H](COc2ccc3cc(Br)c(N)nc3c2)O[C@@H](n2ccc3c(N)ncnc32)[C@@H]1O. The first-order valence-electron chi connectivity index (χ1n) is 9.87. The van der Waals surface area contributed by atoms with Crippen LogP contribution in [0.5, 0.6) is 5.75 Å². The summed E-state index contributed by atoms with van der Waals surface area (Å²) in [5, 5.41) is 23.3. The number of pyridine rings is 1. The van der Waals surface area contributed by atoms with E-state index in [1.165, 1.54) is 13.3 Å². The van der Waals surface area contributed by atoms with E-state index >= 15 is 0 Å². The quantitative estimate of drug-likeness (QED) is 0.329. The zero-order valence-electron chi connectivity index (χ0n) is 17.0. The van der Waals surface area contributed by atoms with Crippen molar-refractivity contribution in [3.05, 3.63) is 47.3 Å². The molecule has 6 N–H and O–H groups in total. The fourth-order valence-electron chi connectivity index (χ4n) is 3.88. The first-order chi connectivity index (χ1) is 15.3. The molecule has 0 aliphatic carbocycles. The van der Waals surface area contributed by atoms with Crippen LogP contribution in [0.1, 0.15) is 13.2 Å². The number of fused-ring (bicyclic) bond motifs is 2. The first-order valence-corrected chi connectivity index (χ1v) is 10.7. The minimum atomic E-state index is -1.57. The molecule has 32 heavy (non-hydrogen) atoms. The monoisotopic (exact) mass is 500 g/mol. The number of hydrogen-bond donors (Lipinski definition) is 4. The van der Waals surface area contributed by atoms with Crippen LogP contribution in [0.15, 0.2) is 47.3 Å². The van der Waals surface area contributed by atoms with Crippen molar-refractivity contribution >= 4 is 49.5 Å². The normalized spacial score (nSPS) is 25.6. The van der Waals surface area contributed by atoms with Gasteiger partial charge in [-0.1, -0.05) is 0 Å². The van der Waals surface area contributed by atoms with Crippen LogP contribution in [0.2, 0.25) is 0 Å². The van der Waals surface area contributed by atoms with Crippen molar-refractivity contribution < 1.29 is 19.7 Å². The molecule has 10 nitrogen and oxygen atoms in total. The van der Waals surface area contributed by atoms with E-state index in [0.717, 1.165) is 9.86 Å². The summed E-state index contributed by atoms with van der Waals surface area (Å²) in [5.74, 6) is 1.24. The molecule has 5 rings (SSSR count). The second-order valence-corrected chi connectivity index (χ2v) is 8.78. The van der Waals surface area contributed by atoms with Gasteiger partial charge in [0.25, 0.3) is 0 Å². The molecule has 0 unspecified atom stereocenters. The zero-order chi connectivity index (χ0) is 22.6. The maximum atomic E-state index is 11.0. The van der Waals surface area contributed by atoms with Crippen molar-refractivity contribution in [2.24, 2.45) is 0 Å². The molecule has 0 bridgehead atoms. The molecule has 1 aliphatic heterocycles. The Morgan fingerprint density at radius 1 is 1.22 bits per heavy atom. The lowest BCUT2D eigenvalue weighted by molar-refractivity contribution is -0.0765. The number of hydrogen-bond acceptors (Lipinski definition) is 9. The molecule has 4 heterocycles. The highest BCUT2D eigenvalue weighted by atomic mass is 79.9. The van der Waals surface area contributed by atoms with E-state index in [1.54, 1.807) is 29.0 Å². The van der Waals surface area contributed by atoms with Crippen molar-refractivity contribution in [3.8, 4) is 5.75 Å².